The van der Waals surface area contributed by atoms with Gasteiger partial charge in [0.25, 0.3) is 5.91 Å². The third-order valence-corrected chi connectivity index (χ3v) is 2.71. The molecular weight excluding hydrogens is 190 g/mol. The lowest BCUT2D eigenvalue weighted by Gasteiger charge is -2.10. The molecule has 1 heterocycles. The van der Waals surface area contributed by atoms with Gasteiger partial charge in [0, 0.05) is 18.3 Å². The minimum atomic E-state index is -0.0985. The Balaban J connectivity index is 2.05. The number of carbonyl (C=O) groups is 1. The molecule has 15 heavy (non-hydrogen) atoms. The molecule has 1 saturated carbocycles. The van der Waals surface area contributed by atoms with Crippen molar-refractivity contribution in [2.75, 3.05) is 0 Å². The van der Waals surface area contributed by atoms with E-state index >= 15 is 0 Å². The number of rotatable bonds is 3. The van der Waals surface area contributed by atoms with Gasteiger partial charge >= 0.3 is 0 Å². The van der Waals surface area contributed by atoms with Crippen molar-refractivity contribution in [3.8, 4) is 0 Å². The Morgan fingerprint density at radius 2 is 2.33 bits per heavy atom. The normalized spacial score (nSPS) is 17.2. The van der Waals surface area contributed by atoms with E-state index in [9.17, 15) is 4.79 Å². The van der Waals surface area contributed by atoms with Crippen LogP contribution in [0.2, 0.25) is 0 Å². The van der Waals surface area contributed by atoms with Crippen molar-refractivity contribution >= 4 is 5.91 Å². The predicted octanol–water partition coefficient (Wildman–Crippen LogP) is 0.823. The van der Waals surface area contributed by atoms with Gasteiger partial charge in [-0.3, -0.25) is 9.78 Å². The number of nitrogens with two attached hydrogens (primary N) is 1. The van der Waals surface area contributed by atoms with Crippen LogP contribution in [0.15, 0.2) is 18.3 Å². The number of hydrogen-bond donors (Lipinski definition) is 2. The maximum atomic E-state index is 11.7. The second-order valence-electron chi connectivity index (χ2n) is 4.27. The van der Waals surface area contributed by atoms with E-state index in [0.29, 0.717) is 12.2 Å². The zero-order valence-electron chi connectivity index (χ0n) is 8.79. The minimum Gasteiger partial charge on any atom is -0.346 e. The molecule has 4 heteroatoms. The quantitative estimate of drug-likeness (QED) is 0.767. The molecule has 4 nitrogen and oxygen atoms in total. The van der Waals surface area contributed by atoms with Crippen LogP contribution in [0.5, 0.6) is 0 Å². The molecule has 0 unspecified atom stereocenters. The Labute approximate surface area is 88.9 Å². The summed E-state index contributed by atoms with van der Waals surface area (Å²) in [6.07, 6.45) is 3.75. The van der Waals surface area contributed by atoms with E-state index in [0.717, 1.165) is 18.4 Å². The fraction of sp³-hybridized carbons (Fsp3) is 0.455. The average molecular weight is 205 g/mol. The summed E-state index contributed by atoms with van der Waals surface area (Å²) < 4.78 is 0. The first-order chi connectivity index (χ1) is 7.13. The van der Waals surface area contributed by atoms with Crippen LogP contribution in [-0.4, -0.2) is 16.4 Å². The lowest BCUT2D eigenvalue weighted by atomic mass is 10.2. The second kappa shape index (κ2) is 3.62. The molecule has 1 fully saturated rings. The maximum Gasteiger partial charge on any atom is 0.270 e. The average Bonchev–Trinajstić information content (AvgIpc) is 2.96. The van der Waals surface area contributed by atoms with Crippen LogP contribution in [0.1, 0.15) is 35.8 Å². The zero-order chi connectivity index (χ0) is 10.9. The van der Waals surface area contributed by atoms with Crippen LogP contribution in [-0.2, 0) is 6.54 Å². The molecule has 1 amide bonds. The molecule has 3 N–H and O–H groups in total. The standard InChI is InChI=1S/C11H15N3O/c1-11(4-5-11)14-10(15)9-3-2-8(6-12)7-13-9/h2-3,7H,4-6,12H2,1H3,(H,14,15). The summed E-state index contributed by atoms with van der Waals surface area (Å²) in [5.74, 6) is -0.0985. The van der Waals surface area contributed by atoms with Gasteiger partial charge in [0.15, 0.2) is 0 Å². The summed E-state index contributed by atoms with van der Waals surface area (Å²) in [5.41, 5.74) is 6.85. The molecule has 0 saturated heterocycles. The van der Waals surface area contributed by atoms with Gasteiger partial charge in [-0.1, -0.05) is 6.07 Å². The Bertz CT molecular complexity index is 368. The maximum absolute atomic E-state index is 11.7. The largest absolute Gasteiger partial charge is 0.346 e. The molecule has 0 bridgehead atoms. The SMILES string of the molecule is CC1(NC(=O)c2ccc(CN)cn2)CC1. The van der Waals surface area contributed by atoms with Crippen LogP contribution in [0.3, 0.4) is 0 Å². The first kappa shape index (κ1) is 10.1. The number of pyridine rings is 1. The van der Waals surface area contributed by atoms with Gasteiger partial charge in [0.2, 0.25) is 0 Å². The summed E-state index contributed by atoms with van der Waals surface area (Å²) >= 11 is 0. The molecule has 0 radical (unpaired) electrons. The van der Waals surface area contributed by atoms with Crippen LogP contribution in [0.25, 0.3) is 0 Å². The lowest BCUT2D eigenvalue weighted by Crippen LogP contribution is -2.34. The topological polar surface area (TPSA) is 68.0 Å². The van der Waals surface area contributed by atoms with E-state index in [4.69, 9.17) is 5.73 Å². The highest BCUT2D eigenvalue weighted by atomic mass is 16.2. The van der Waals surface area contributed by atoms with Gasteiger partial charge in [-0.15, -0.1) is 0 Å². The summed E-state index contributed by atoms with van der Waals surface area (Å²) in [4.78, 5) is 15.8. The molecule has 0 atom stereocenters. The van der Waals surface area contributed by atoms with Gasteiger partial charge in [-0.2, -0.15) is 0 Å². The van der Waals surface area contributed by atoms with E-state index in [-0.39, 0.29) is 11.4 Å². The molecule has 1 aliphatic carbocycles. The fourth-order valence-electron chi connectivity index (χ4n) is 1.33. The number of hydrogen-bond acceptors (Lipinski definition) is 3. The van der Waals surface area contributed by atoms with E-state index in [1.165, 1.54) is 0 Å². The van der Waals surface area contributed by atoms with Crippen LogP contribution in [0, 0.1) is 0 Å². The lowest BCUT2D eigenvalue weighted by molar-refractivity contribution is 0.0930. The summed E-state index contributed by atoms with van der Waals surface area (Å²) in [7, 11) is 0. The third kappa shape index (κ3) is 2.33. The smallest absolute Gasteiger partial charge is 0.270 e. The molecule has 1 aromatic heterocycles. The highest BCUT2D eigenvalue weighted by Crippen LogP contribution is 2.34. The van der Waals surface area contributed by atoms with E-state index in [1.54, 1.807) is 12.3 Å². The molecular formula is C11H15N3O. The Morgan fingerprint density at radius 1 is 1.60 bits per heavy atom. The number of amides is 1. The van der Waals surface area contributed by atoms with Crippen molar-refractivity contribution in [3.63, 3.8) is 0 Å². The fourth-order valence-corrected chi connectivity index (χ4v) is 1.33. The molecule has 0 aromatic carbocycles. The molecule has 1 aromatic rings. The van der Waals surface area contributed by atoms with Gasteiger partial charge in [-0.05, 0) is 31.4 Å². The third-order valence-electron chi connectivity index (χ3n) is 2.71. The van der Waals surface area contributed by atoms with Crippen LogP contribution >= 0.6 is 0 Å². The molecule has 0 spiro atoms. The van der Waals surface area contributed by atoms with Gasteiger partial charge < -0.3 is 11.1 Å². The predicted molar refractivity (Wildman–Crippen MR) is 57.2 cm³/mol. The molecule has 1 aliphatic rings. The first-order valence-electron chi connectivity index (χ1n) is 5.10. The van der Waals surface area contributed by atoms with Crippen molar-refractivity contribution in [2.45, 2.75) is 31.8 Å². The number of carbonyl (C=O) groups excluding carboxylic acids is 1. The van der Waals surface area contributed by atoms with Crippen molar-refractivity contribution in [1.82, 2.24) is 10.3 Å². The second-order valence-corrected chi connectivity index (χ2v) is 4.27. The Morgan fingerprint density at radius 3 is 2.80 bits per heavy atom. The summed E-state index contributed by atoms with van der Waals surface area (Å²) in [6, 6.07) is 3.54. The highest BCUT2D eigenvalue weighted by Gasteiger charge is 2.38. The molecule has 80 valence electrons. The minimum absolute atomic E-state index is 0.00526. The Kier molecular flexibility index (Phi) is 2.44. The number of aromatic nitrogens is 1. The first-order valence-corrected chi connectivity index (χ1v) is 5.10. The summed E-state index contributed by atoms with van der Waals surface area (Å²) in [5, 5.41) is 2.95. The zero-order valence-corrected chi connectivity index (χ0v) is 8.79. The molecule has 2 rings (SSSR count). The van der Waals surface area contributed by atoms with Crippen molar-refractivity contribution < 1.29 is 4.79 Å². The molecule has 0 aliphatic heterocycles. The van der Waals surface area contributed by atoms with Crippen LogP contribution < -0.4 is 11.1 Å². The number of nitrogens with one attached hydrogen (secondary N) is 1. The van der Waals surface area contributed by atoms with Crippen molar-refractivity contribution in [3.05, 3.63) is 29.6 Å². The van der Waals surface area contributed by atoms with Gasteiger partial charge in [-0.25, -0.2) is 0 Å². The monoisotopic (exact) mass is 205 g/mol. The van der Waals surface area contributed by atoms with Gasteiger partial charge in [0.1, 0.15) is 5.69 Å². The Hall–Kier alpha value is -1.42. The highest BCUT2D eigenvalue weighted by molar-refractivity contribution is 5.93. The van der Waals surface area contributed by atoms with E-state index < -0.39 is 0 Å². The van der Waals surface area contributed by atoms with Crippen LogP contribution in [0.4, 0.5) is 0 Å². The van der Waals surface area contributed by atoms with E-state index in [1.807, 2.05) is 13.0 Å². The summed E-state index contributed by atoms with van der Waals surface area (Å²) in [6.45, 7) is 2.49. The van der Waals surface area contributed by atoms with E-state index in [2.05, 4.69) is 10.3 Å². The van der Waals surface area contributed by atoms with Crippen molar-refractivity contribution in [2.24, 2.45) is 5.73 Å². The van der Waals surface area contributed by atoms with Crippen molar-refractivity contribution in [1.29, 1.82) is 0 Å². The van der Waals surface area contributed by atoms with Gasteiger partial charge in [0.05, 0.1) is 0 Å². The number of nitrogens with zero attached hydrogens (tertiary/aromatic N) is 1.